The number of hydrogen-bond acceptors (Lipinski definition) is 7. The van der Waals surface area contributed by atoms with E-state index in [2.05, 4.69) is 123 Å². The van der Waals surface area contributed by atoms with E-state index in [0.29, 0.717) is 12.8 Å². The predicted octanol–water partition coefficient (Wildman–Crippen LogP) is 15.0. The van der Waals surface area contributed by atoms with E-state index < -0.39 is 18.1 Å². The van der Waals surface area contributed by atoms with Crippen molar-refractivity contribution in [1.29, 1.82) is 0 Å². The molecule has 0 saturated heterocycles. The summed E-state index contributed by atoms with van der Waals surface area (Å²) in [5.41, 5.74) is 0. The molecular weight excluding hydrogens is 859 g/mol. The Morgan fingerprint density at radius 2 is 0.812 bits per heavy atom. The zero-order valence-electron chi connectivity index (χ0n) is 44.7. The molecule has 0 saturated carbocycles. The number of aliphatic carboxylic acids is 1. The SMILES string of the molecule is CC/C=C/C/C=C/C/C=C/C/C=C/C/C=C/C/C=C/CCCCCCC(=O)OCC(COCCC(C(=O)[O-])[N+](C)(C)C)OC(=O)CCCCCCCCCCC/C=C/C/C=C/C/C=C/CCCCC. The van der Waals surface area contributed by atoms with E-state index in [4.69, 9.17) is 14.2 Å². The fourth-order valence-corrected chi connectivity index (χ4v) is 7.43. The van der Waals surface area contributed by atoms with Crippen LogP contribution in [0.4, 0.5) is 0 Å². The summed E-state index contributed by atoms with van der Waals surface area (Å²) in [5.74, 6) is -1.78. The molecule has 0 rings (SSSR count). The third-order valence-electron chi connectivity index (χ3n) is 11.6. The third-order valence-corrected chi connectivity index (χ3v) is 11.6. The van der Waals surface area contributed by atoms with Crippen LogP contribution in [0.2, 0.25) is 0 Å². The molecule has 0 heterocycles. The van der Waals surface area contributed by atoms with Crippen LogP contribution in [0, 0.1) is 0 Å². The number of esters is 2. The summed E-state index contributed by atoms with van der Waals surface area (Å²) in [7, 11) is 5.40. The third kappa shape index (κ3) is 48.8. The smallest absolute Gasteiger partial charge is 0.306 e. The van der Waals surface area contributed by atoms with E-state index in [-0.39, 0.29) is 42.7 Å². The summed E-state index contributed by atoms with van der Waals surface area (Å²) < 4.78 is 17.2. The number of unbranched alkanes of at least 4 members (excludes halogenated alkanes) is 16. The van der Waals surface area contributed by atoms with E-state index in [9.17, 15) is 19.5 Å². The summed E-state index contributed by atoms with van der Waals surface area (Å²) in [6.45, 7) is 4.49. The van der Waals surface area contributed by atoms with Gasteiger partial charge in [-0.15, -0.1) is 0 Å². The molecule has 8 nitrogen and oxygen atoms in total. The number of likely N-dealkylation sites (N-methyl/N-ethyl adjacent to an activating group) is 1. The van der Waals surface area contributed by atoms with Gasteiger partial charge in [-0.2, -0.15) is 0 Å². The van der Waals surface area contributed by atoms with Crippen LogP contribution < -0.4 is 5.11 Å². The van der Waals surface area contributed by atoms with Crippen molar-refractivity contribution in [1.82, 2.24) is 0 Å². The molecule has 0 aliphatic rings. The van der Waals surface area contributed by atoms with Gasteiger partial charge < -0.3 is 28.6 Å². The van der Waals surface area contributed by atoms with E-state index in [1.807, 2.05) is 0 Å². The van der Waals surface area contributed by atoms with Gasteiger partial charge in [0.05, 0.1) is 40.3 Å². The Balaban J connectivity index is 4.30. The van der Waals surface area contributed by atoms with Crippen LogP contribution in [-0.4, -0.2) is 75.5 Å². The minimum absolute atomic E-state index is 0.0233. The molecule has 0 spiro atoms. The summed E-state index contributed by atoms with van der Waals surface area (Å²) in [6.07, 6.45) is 69.7. The Morgan fingerprint density at radius 1 is 0.449 bits per heavy atom. The first-order valence-corrected chi connectivity index (χ1v) is 27.4. The molecule has 0 amide bonds. The Bertz CT molecular complexity index is 1490. The molecule has 0 N–H and O–H groups in total. The van der Waals surface area contributed by atoms with E-state index in [0.717, 1.165) is 109 Å². The lowest BCUT2D eigenvalue weighted by Crippen LogP contribution is -2.55. The van der Waals surface area contributed by atoms with Crippen molar-refractivity contribution in [3.05, 3.63) is 109 Å². The molecule has 0 aliphatic heterocycles. The van der Waals surface area contributed by atoms with E-state index in [1.165, 1.54) is 64.2 Å². The van der Waals surface area contributed by atoms with E-state index in [1.54, 1.807) is 21.1 Å². The molecule has 2 atom stereocenters. The number of hydrogen-bond donors (Lipinski definition) is 0. The van der Waals surface area contributed by atoms with Crippen molar-refractivity contribution < 1.29 is 38.2 Å². The molecule has 0 aliphatic carbocycles. The molecule has 69 heavy (non-hydrogen) atoms. The van der Waals surface area contributed by atoms with Gasteiger partial charge in [-0.1, -0.05) is 194 Å². The first kappa shape index (κ1) is 65.0. The Morgan fingerprint density at radius 3 is 1.20 bits per heavy atom. The maximum atomic E-state index is 12.8. The second kappa shape index (κ2) is 50.4. The van der Waals surface area contributed by atoms with Crippen LogP contribution in [0.5, 0.6) is 0 Å². The average molecular weight is 960 g/mol. The fourth-order valence-electron chi connectivity index (χ4n) is 7.43. The highest BCUT2D eigenvalue weighted by atomic mass is 16.6. The van der Waals surface area contributed by atoms with Crippen LogP contribution in [0.15, 0.2) is 109 Å². The van der Waals surface area contributed by atoms with Crippen LogP contribution in [-0.2, 0) is 28.6 Å². The Labute approximate surface area is 423 Å². The summed E-state index contributed by atoms with van der Waals surface area (Å²) in [6, 6.07) is -0.739. The maximum absolute atomic E-state index is 12.8. The van der Waals surface area contributed by atoms with Gasteiger partial charge in [-0.05, 0) is 103 Å². The highest BCUT2D eigenvalue weighted by Crippen LogP contribution is 2.14. The molecular formula is C61H101NO7. The van der Waals surface area contributed by atoms with Crippen LogP contribution in [0.3, 0.4) is 0 Å². The standard InChI is InChI=1S/C61H101NO7/c1-6-8-10-12-14-16-18-20-22-24-26-28-30-32-33-35-37-39-41-43-45-47-49-51-59(63)68-56-57(55-67-54-53-58(61(65)66)62(3,4)5)69-60(64)52-50-48-46-44-42-40-38-36-34-31-29-27-25-23-21-19-17-15-13-11-9-7-2/h8,10,14-17,20-23,26-29,32-33,37,39,57-58H,6-7,9,11-13,18-19,24-25,30-31,34-36,38,40-56H2,1-5H3/b10-8+,16-14+,17-15+,22-20+,23-21+,28-26+,29-27+,33-32+,39-37+. The van der Waals surface area contributed by atoms with Gasteiger partial charge in [0.2, 0.25) is 0 Å². The highest BCUT2D eigenvalue weighted by molar-refractivity contribution is 5.70. The number of ether oxygens (including phenoxy) is 3. The van der Waals surface area contributed by atoms with Gasteiger partial charge in [0, 0.05) is 19.3 Å². The second-order valence-corrected chi connectivity index (χ2v) is 19.1. The highest BCUT2D eigenvalue weighted by Gasteiger charge is 2.25. The molecule has 2 unspecified atom stereocenters. The van der Waals surface area contributed by atoms with Crippen molar-refractivity contribution >= 4 is 17.9 Å². The lowest BCUT2D eigenvalue weighted by Gasteiger charge is -2.34. The molecule has 0 fully saturated rings. The molecule has 0 aromatic rings. The van der Waals surface area contributed by atoms with Crippen LogP contribution >= 0.6 is 0 Å². The monoisotopic (exact) mass is 960 g/mol. The first-order chi connectivity index (χ1) is 33.6. The minimum Gasteiger partial charge on any atom is -0.544 e. The predicted molar refractivity (Wildman–Crippen MR) is 291 cm³/mol. The number of rotatable bonds is 48. The number of allylic oxidation sites excluding steroid dienone is 18. The molecule has 392 valence electrons. The molecule has 0 aromatic heterocycles. The number of carbonyl (C=O) groups is 3. The summed E-state index contributed by atoms with van der Waals surface area (Å²) >= 11 is 0. The summed E-state index contributed by atoms with van der Waals surface area (Å²) in [5, 5.41) is 11.7. The summed E-state index contributed by atoms with van der Waals surface area (Å²) in [4.78, 5) is 37.1. The van der Waals surface area contributed by atoms with Gasteiger partial charge in [0.25, 0.3) is 0 Å². The number of carbonyl (C=O) groups excluding carboxylic acids is 3. The van der Waals surface area contributed by atoms with Gasteiger partial charge in [0.1, 0.15) is 12.6 Å². The quantitative estimate of drug-likeness (QED) is 0.0259. The van der Waals surface area contributed by atoms with Crippen LogP contribution in [0.25, 0.3) is 0 Å². The van der Waals surface area contributed by atoms with Crippen molar-refractivity contribution in [2.75, 3.05) is 41.0 Å². The molecule has 8 heteroatoms. The van der Waals surface area contributed by atoms with Crippen molar-refractivity contribution in [2.45, 2.75) is 219 Å². The van der Waals surface area contributed by atoms with Crippen molar-refractivity contribution in [3.8, 4) is 0 Å². The largest absolute Gasteiger partial charge is 0.544 e. The molecule has 0 bridgehead atoms. The fraction of sp³-hybridized carbons (Fsp3) is 0.656. The Hall–Kier alpha value is -4.01. The lowest BCUT2D eigenvalue weighted by molar-refractivity contribution is -0.889. The van der Waals surface area contributed by atoms with Crippen molar-refractivity contribution in [2.24, 2.45) is 0 Å². The van der Waals surface area contributed by atoms with Crippen LogP contribution in [0.1, 0.15) is 206 Å². The van der Waals surface area contributed by atoms with Gasteiger partial charge in [-0.25, -0.2) is 0 Å². The lowest BCUT2D eigenvalue weighted by atomic mass is 10.1. The number of nitrogens with zero attached hydrogens (tertiary/aromatic N) is 1. The van der Waals surface area contributed by atoms with Gasteiger partial charge >= 0.3 is 11.9 Å². The normalized spacial score (nSPS) is 13.7. The zero-order chi connectivity index (χ0) is 50.6. The number of carboxylic acid groups (broad SMARTS) is 1. The number of carboxylic acids is 1. The van der Waals surface area contributed by atoms with Crippen molar-refractivity contribution in [3.63, 3.8) is 0 Å². The first-order valence-electron chi connectivity index (χ1n) is 27.4. The topological polar surface area (TPSA) is 102 Å². The Kier molecular flexibility index (Phi) is 47.5. The minimum atomic E-state index is -1.13. The van der Waals surface area contributed by atoms with Gasteiger partial charge in [-0.3, -0.25) is 9.59 Å². The zero-order valence-corrected chi connectivity index (χ0v) is 44.7. The second-order valence-electron chi connectivity index (χ2n) is 19.1. The molecule has 0 aromatic carbocycles. The average Bonchev–Trinajstić information content (AvgIpc) is 3.31. The van der Waals surface area contributed by atoms with E-state index >= 15 is 0 Å². The van der Waals surface area contributed by atoms with Gasteiger partial charge in [0.15, 0.2) is 6.10 Å². The maximum Gasteiger partial charge on any atom is 0.306 e. The number of quaternary nitrogens is 1. The molecule has 0 radical (unpaired) electrons.